The number of carbonyl (C=O) groups excluding carboxylic acids is 1. The van der Waals surface area contributed by atoms with Crippen LogP contribution in [0.5, 0.6) is 0 Å². The molecule has 0 aliphatic rings. The van der Waals surface area contributed by atoms with Gasteiger partial charge in [0.1, 0.15) is 5.69 Å². The van der Waals surface area contributed by atoms with Crippen molar-refractivity contribution in [1.82, 2.24) is 9.88 Å². The minimum atomic E-state index is -0.511. The van der Waals surface area contributed by atoms with Gasteiger partial charge in [-0.1, -0.05) is 0 Å². The van der Waals surface area contributed by atoms with Gasteiger partial charge in [0.15, 0.2) is 0 Å². The number of nitrogens with zero attached hydrogens (tertiary/aromatic N) is 2. The van der Waals surface area contributed by atoms with Gasteiger partial charge in [0.05, 0.1) is 17.2 Å². The van der Waals surface area contributed by atoms with Crippen molar-refractivity contribution >= 4 is 11.6 Å². The van der Waals surface area contributed by atoms with E-state index in [9.17, 15) is 14.9 Å². The second-order valence-electron chi connectivity index (χ2n) is 5.09. The number of amides is 1. The normalized spacial score (nSPS) is 12.4. The minimum Gasteiger partial charge on any atom is -0.393 e. The highest BCUT2D eigenvalue weighted by Gasteiger charge is 2.20. The summed E-state index contributed by atoms with van der Waals surface area (Å²) in [5.74, 6) is -0.336. The summed E-state index contributed by atoms with van der Waals surface area (Å²) < 4.78 is 1.59. The molecule has 1 amide bonds. The van der Waals surface area contributed by atoms with E-state index in [1.54, 1.807) is 11.5 Å². The predicted octanol–water partition coefficient (Wildman–Crippen LogP) is 1.87. The number of aliphatic hydroxyl groups is 1. The summed E-state index contributed by atoms with van der Waals surface area (Å²) in [5.41, 5.74) is 0.191. The Morgan fingerprint density at radius 2 is 2.15 bits per heavy atom. The molecule has 20 heavy (non-hydrogen) atoms. The Balaban J connectivity index is 2.73. The first-order valence-corrected chi connectivity index (χ1v) is 6.65. The molecule has 0 aliphatic heterocycles. The third-order valence-corrected chi connectivity index (χ3v) is 2.92. The van der Waals surface area contributed by atoms with Crippen LogP contribution < -0.4 is 5.32 Å². The molecule has 0 fully saturated rings. The van der Waals surface area contributed by atoms with Crippen LogP contribution >= 0.6 is 0 Å². The van der Waals surface area contributed by atoms with Crippen LogP contribution in [-0.2, 0) is 0 Å². The van der Waals surface area contributed by atoms with Gasteiger partial charge in [0.25, 0.3) is 11.6 Å². The smallest absolute Gasteiger partial charge is 0.287 e. The van der Waals surface area contributed by atoms with Gasteiger partial charge in [-0.25, -0.2) is 0 Å². The van der Waals surface area contributed by atoms with E-state index in [2.05, 4.69) is 5.32 Å². The number of carbonyl (C=O) groups is 1. The largest absolute Gasteiger partial charge is 0.393 e. The molecule has 0 aromatic carbocycles. The van der Waals surface area contributed by atoms with Crippen LogP contribution in [0.3, 0.4) is 0 Å². The predicted molar refractivity (Wildman–Crippen MR) is 74.7 cm³/mol. The van der Waals surface area contributed by atoms with E-state index < -0.39 is 11.0 Å². The summed E-state index contributed by atoms with van der Waals surface area (Å²) in [6.45, 7) is 5.83. The molecule has 0 bridgehead atoms. The molecule has 1 aromatic rings. The lowest BCUT2D eigenvalue weighted by Gasteiger charge is -2.12. The zero-order chi connectivity index (χ0) is 15.3. The highest BCUT2D eigenvalue weighted by atomic mass is 16.6. The molecule has 7 nitrogen and oxygen atoms in total. The highest BCUT2D eigenvalue weighted by molar-refractivity contribution is 5.93. The van der Waals surface area contributed by atoms with E-state index in [1.807, 2.05) is 13.8 Å². The van der Waals surface area contributed by atoms with Crippen molar-refractivity contribution in [2.75, 3.05) is 6.54 Å². The molecule has 1 atom stereocenters. The maximum atomic E-state index is 12.0. The van der Waals surface area contributed by atoms with Crippen molar-refractivity contribution < 1.29 is 14.8 Å². The molecule has 1 rings (SSSR count). The van der Waals surface area contributed by atoms with Crippen LogP contribution in [0.1, 0.15) is 50.1 Å². The summed E-state index contributed by atoms with van der Waals surface area (Å²) in [4.78, 5) is 22.3. The van der Waals surface area contributed by atoms with Gasteiger partial charge in [-0.3, -0.25) is 14.9 Å². The number of hydrogen-bond acceptors (Lipinski definition) is 4. The lowest BCUT2D eigenvalue weighted by molar-refractivity contribution is -0.384. The average Bonchev–Trinajstić information content (AvgIpc) is 2.79. The second-order valence-corrected chi connectivity index (χ2v) is 5.09. The fourth-order valence-electron chi connectivity index (χ4n) is 1.86. The molecule has 112 valence electrons. The van der Waals surface area contributed by atoms with E-state index >= 15 is 0 Å². The van der Waals surface area contributed by atoms with Crippen LogP contribution in [0.15, 0.2) is 12.3 Å². The SMILES string of the molecule is CC(O)CCCNC(=O)c1cc([N+](=O)[O-])cn1C(C)C. The van der Waals surface area contributed by atoms with Crippen LogP contribution in [0, 0.1) is 10.1 Å². The number of nitrogens with one attached hydrogen (secondary N) is 1. The van der Waals surface area contributed by atoms with Gasteiger partial charge >= 0.3 is 0 Å². The first-order chi connectivity index (χ1) is 9.32. The van der Waals surface area contributed by atoms with Crippen molar-refractivity contribution in [3.05, 3.63) is 28.1 Å². The fourth-order valence-corrected chi connectivity index (χ4v) is 1.86. The van der Waals surface area contributed by atoms with Gasteiger partial charge < -0.3 is 15.0 Å². The fraction of sp³-hybridized carbons (Fsp3) is 0.615. The molecule has 1 unspecified atom stereocenters. The van der Waals surface area contributed by atoms with E-state index in [-0.39, 0.29) is 23.3 Å². The van der Waals surface area contributed by atoms with Crippen LogP contribution in [0.4, 0.5) is 5.69 Å². The number of nitro groups is 1. The highest BCUT2D eigenvalue weighted by Crippen LogP contribution is 2.20. The van der Waals surface area contributed by atoms with E-state index in [0.29, 0.717) is 19.4 Å². The molecule has 0 saturated carbocycles. The van der Waals surface area contributed by atoms with Crippen LogP contribution in [0.25, 0.3) is 0 Å². The summed E-state index contributed by atoms with van der Waals surface area (Å²) in [7, 11) is 0. The van der Waals surface area contributed by atoms with Crippen molar-refractivity contribution in [2.45, 2.75) is 45.8 Å². The quantitative estimate of drug-likeness (QED) is 0.453. The number of rotatable bonds is 7. The minimum absolute atomic E-state index is 0.0399. The number of aliphatic hydroxyl groups excluding tert-OH is 1. The third-order valence-electron chi connectivity index (χ3n) is 2.92. The van der Waals surface area contributed by atoms with Crippen molar-refractivity contribution in [3.8, 4) is 0 Å². The zero-order valence-electron chi connectivity index (χ0n) is 12.0. The van der Waals surface area contributed by atoms with Crippen LogP contribution in [0.2, 0.25) is 0 Å². The summed E-state index contributed by atoms with van der Waals surface area (Å²) in [5, 5.41) is 22.6. The lowest BCUT2D eigenvalue weighted by Crippen LogP contribution is -2.27. The van der Waals surface area contributed by atoms with Gasteiger partial charge in [-0.15, -0.1) is 0 Å². The molecule has 1 aromatic heterocycles. The topological polar surface area (TPSA) is 97.4 Å². The Morgan fingerprint density at radius 3 is 2.65 bits per heavy atom. The molecule has 0 aliphatic carbocycles. The Kier molecular flexibility index (Phi) is 5.69. The van der Waals surface area contributed by atoms with E-state index in [1.165, 1.54) is 12.3 Å². The Hall–Kier alpha value is -1.89. The molecule has 2 N–H and O–H groups in total. The molecule has 0 radical (unpaired) electrons. The number of aromatic nitrogens is 1. The zero-order valence-corrected chi connectivity index (χ0v) is 12.0. The van der Waals surface area contributed by atoms with E-state index in [0.717, 1.165) is 0 Å². The van der Waals surface area contributed by atoms with Gasteiger partial charge in [-0.05, 0) is 33.6 Å². The van der Waals surface area contributed by atoms with Gasteiger partial charge in [-0.2, -0.15) is 0 Å². The van der Waals surface area contributed by atoms with Crippen molar-refractivity contribution in [3.63, 3.8) is 0 Å². The van der Waals surface area contributed by atoms with Gasteiger partial charge in [0, 0.05) is 18.7 Å². The Morgan fingerprint density at radius 1 is 1.50 bits per heavy atom. The summed E-state index contributed by atoms with van der Waals surface area (Å²) >= 11 is 0. The number of hydrogen-bond donors (Lipinski definition) is 2. The van der Waals surface area contributed by atoms with Crippen molar-refractivity contribution in [1.29, 1.82) is 0 Å². The Labute approximate surface area is 117 Å². The molecular weight excluding hydrogens is 262 g/mol. The van der Waals surface area contributed by atoms with Crippen LogP contribution in [-0.4, -0.2) is 33.2 Å². The molecular formula is C13H21N3O4. The maximum absolute atomic E-state index is 12.0. The first kappa shape index (κ1) is 16.2. The lowest BCUT2D eigenvalue weighted by atomic mass is 10.2. The molecule has 1 heterocycles. The molecule has 7 heteroatoms. The first-order valence-electron chi connectivity index (χ1n) is 6.65. The maximum Gasteiger partial charge on any atom is 0.287 e. The van der Waals surface area contributed by atoms with Gasteiger partial charge in [0.2, 0.25) is 0 Å². The standard InChI is InChI=1S/C13H21N3O4/c1-9(2)15-8-11(16(19)20)7-12(15)13(18)14-6-4-5-10(3)17/h7-10,17H,4-6H2,1-3H3,(H,14,18). The molecule has 0 saturated heterocycles. The van der Waals surface area contributed by atoms with E-state index in [4.69, 9.17) is 5.11 Å². The Bertz CT molecular complexity index is 480. The van der Waals surface area contributed by atoms with Crippen molar-refractivity contribution in [2.24, 2.45) is 0 Å². The summed E-state index contributed by atoms with van der Waals surface area (Å²) in [6, 6.07) is 1.24. The third kappa shape index (κ3) is 4.34. The average molecular weight is 283 g/mol. The molecule has 0 spiro atoms. The monoisotopic (exact) mass is 283 g/mol. The second kappa shape index (κ2) is 7.04. The summed E-state index contributed by atoms with van der Waals surface area (Å²) in [6.07, 6.45) is 2.24.